The van der Waals surface area contributed by atoms with E-state index in [2.05, 4.69) is 51.0 Å². The van der Waals surface area contributed by atoms with E-state index in [1.165, 1.54) is 141 Å². The predicted molar refractivity (Wildman–Crippen MR) is 213 cm³/mol. The van der Waals surface area contributed by atoms with Crippen molar-refractivity contribution in [1.82, 2.24) is 0 Å². The highest BCUT2D eigenvalue weighted by atomic mass is 33.1. The molecule has 0 spiro atoms. The molecule has 0 radical (unpaired) electrons. The van der Waals surface area contributed by atoms with Crippen LogP contribution in [0.3, 0.4) is 0 Å². The minimum absolute atomic E-state index is 0.757. The van der Waals surface area contributed by atoms with Gasteiger partial charge in [-0.1, -0.05) is 180 Å². The fraction of sp³-hybridized carbons (Fsp3) is 0.941. The number of rotatable bonds is 28. The van der Waals surface area contributed by atoms with Crippen molar-refractivity contribution in [1.29, 1.82) is 0 Å². The van der Waals surface area contributed by atoms with E-state index in [-0.39, 0.29) is 0 Å². The third-order valence-electron chi connectivity index (χ3n) is 6.87. The monoisotopic (exact) mass is 702 g/mol. The molecule has 0 aliphatic rings. The van der Waals surface area contributed by atoms with Crippen LogP contribution in [-0.2, 0) is 9.47 Å². The molecule has 8 heteroatoms. The lowest BCUT2D eigenvalue weighted by molar-refractivity contribution is 0.307. The van der Waals surface area contributed by atoms with Crippen molar-refractivity contribution in [2.75, 3.05) is 24.7 Å². The van der Waals surface area contributed by atoms with Crippen LogP contribution < -0.4 is 0 Å². The second-order valence-electron chi connectivity index (χ2n) is 11.0. The number of hydrogen-bond donors (Lipinski definition) is 2. The summed E-state index contributed by atoms with van der Waals surface area (Å²) in [6.45, 7) is 10.7. The maximum absolute atomic E-state index is 5.59. The van der Waals surface area contributed by atoms with Crippen LogP contribution in [0.15, 0.2) is 0 Å². The molecular weight excluding hydrogens is 633 g/mol. The van der Waals surface area contributed by atoms with Crippen molar-refractivity contribution >= 4 is 80.0 Å². The Hall–Kier alpha value is 1.18. The molecule has 0 saturated heterocycles. The van der Waals surface area contributed by atoms with Crippen LogP contribution in [0.25, 0.3) is 0 Å². The molecule has 0 aliphatic heterocycles. The van der Waals surface area contributed by atoms with Gasteiger partial charge in [0.15, 0.2) is 0 Å². The van der Waals surface area contributed by atoms with Gasteiger partial charge in [0.05, 0.1) is 13.2 Å². The van der Waals surface area contributed by atoms with Crippen molar-refractivity contribution in [2.45, 2.75) is 182 Å². The molecule has 0 aromatic carbocycles. The lowest BCUT2D eigenvalue weighted by atomic mass is 10.1. The van der Waals surface area contributed by atoms with E-state index in [1.807, 2.05) is 0 Å². The van der Waals surface area contributed by atoms with Gasteiger partial charge in [-0.2, -0.15) is 0 Å². The topological polar surface area (TPSA) is 18.5 Å². The van der Waals surface area contributed by atoms with Gasteiger partial charge in [-0.05, 0) is 50.1 Å². The molecule has 42 heavy (non-hydrogen) atoms. The minimum atomic E-state index is 0.757. The Morgan fingerprint density at radius 1 is 0.405 bits per heavy atom. The van der Waals surface area contributed by atoms with Crippen LogP contribution in [0.2, 0.25) is 0 Å². The van der Waals surface area contributed by atoms with Crippen molar-refractivity contribution in [3.63, 3.8) is 0 Å². The Bertz CT molecular complexity index is 424. The summed E-state index contributed by atoms with van der Waals surface area (Å²) >= 11 is 20.4. The summed E-state index contributed by atoms with van der Waals surface area (Å²) in [7, 11) is 0. The maximum atomic E-state index is 5.59. The van der Waals surface area contributed by atoms with Crippen LogP contribution >= 0.6 is 71.3 Å². The molecule has 0 N–H and O–H groups in total. The molecule has 0 amide bonds. The average Bonchev–Trinajstić information content (AvgIpc) is 3.00. The molecule has 2 nitrogen and oxygen atoms in total. The van der Waals surface area contributed by atoms with E-state index in [9.17, 15) is 0 Å². The average molecular weight is 703 g/mol. The normalized spacial score (nSPS) is 10.3. The Kier molecular flexibility index (Phi) is 52.8. The third-order valence-corrected chi connectivity index (χ3v) is 9.51. The molecular formula is C34H70O2S6. The zero-order valence-corrected chi connectivity index (χ0v) is 33.2. The maximum Gasteiger partial charge on any atom is 0.219 e. The standard InChI is InChI=1S/2C17H34OS2.H2S2/c2*1-3-5-7-9-11-13-15-18-17(19)20-16-14-12-10-8-6-4-2;1-2/h2*3-16H2,1-2H3;1-2H. The Morgan fingerprint density at radius 3 is 0.929 bits per heavy atom. The number of thioether (sulfide) groups is 2. The lowest BCUT2D eigenvalue weighted by Gasteiger charge is -2.07. The fourth-order valence-electron chi connectivity index (χ4n) is 4.23. The molecule has 0 atom stereocenters. The molecule has 0 rings (SSSR count). The summed E-state index contributed by atoms with van der Waals surface area (Å²) in [5.41, 5.74) is 0. The molecule has 0 saturated carbocycles. The summed E-state index contributed by atoms with van der Waals surface area (Å²) in [6.07, 6.45) is 31.8. The van der Waals surface area contributed by atoms with Crippen molar-refractivity contribution < 1.29 is 9.47 Å². The number of thiocarbonyl (C=S) groups is 2. The first-order chi connectivity index (χ1) is 20.6. The van der Waals surface area contributed by atoms with Gasteiger partial charge in [0, 0.05) is 11.5 Å². The minimum Gasteiger partial charge on any atom is -0.479 e. The lowest BCUT2D eigenvalue weighted by Crippen LogP contribution is -2.00. The zero-order chi connectivity index (χ0) is 31.8. The van der Waals surface area contributed by atoms with E-state index < -0.39 is 0 Å². The van der Waals surface area contributed by atoms with Gasteiger partial charge in [-0.15, -0.1) is 23.3 Å². The molecule has 0 aliphatic carbocycles. The molecule has 0 aromatic rings. The molecule has 0 fully saturated rings. The van der Waals surface area contributed by atoms with E-state index >= 15 is 0 Å². The third kappa shape index (κ3) is 48.1. The van der Waals surface area contributed by atoms with Gasteiger partial charge in [0.1, 0.15) is 0 Å². The summed E-state index contributed by atoms with van der Waals surface area (Å²) in [4.78, 5) is 0. The quantitative estimate of drug-likeness (QED) is 0.0363. The molecule has 0 heterocycles. The first-order valence-corrected chi connectivity index (χ1v) is 21.8. The number of hydrogen-bond acceptors (Lipinski definition) is 8. The number of unbranched alkanes of at least 4 members (excludes halogenated alkanes) is 20. The van der Waals surface area contributed by atoms with Crippen LogP contribution in [-0.4, -0.2) is 33.5 Å². The van der Waals surface area contributed by atoms with E-state index in [4.69, 9.17) is 33.9 Å². The molecule has 254 valence electrons. The summed E-state index contributed by atoms with van der Waals surface area (Å²) < 4.78 is 12.7. The highest BCUT2D eigenvalue weighted by molar-refractivity contribution is 8.59. The van der Waals surface area contributed by atoms with Gasteiger partial charge in [0.2, 0.25) is 8.77 Å². The summed E-state index contributed by atoms with van der Waals surface area (Å²) in [6, 6.07) is 0. The first-order valence-electron chi connectivity index (χ1n) is 17.4. The summed E-state index contributed by atoms with van der Waals surface area (Å²) in [5, 5.41) is 0. The smallest absolute Gasteiger partial charge is 0.219 e. The first kappa shape index (κ1) is 47.6. The number of ether oxygens (including phenoxy) is 2. The van der Waals surface area contributed by atoms with Gasteiger partial charge >= 0.3 is 0 Å². The van der Waals surface area contributed by atoms with Crippen LogP contribution in [0, 0.1) is 0 Å². The summed E-state index contributed by atoms with van der Waals surface area (Å²) in [5.74, 6) is 2.25. The van der Waals surface area contributed by atoms with Gasteiger partial charge in [-0.25, -0.2) is 0 Å². The van der Waals surface area contributed by atoms with Crippen LogP contribution in [0.4, 0.5) is 0 Å². The van der Waals surface area contributed by atoms with E-state index in [0.717, 1.165) is 46.3 Å². The second-order valence-corrected chi connectivity index (χ2v) is 14.4. The predicted octanol–water partition coefficient (Wildman–Crippen LogP) is 14.2. The Labute approximate surface area is 294 Å². The largest absolute Gasteiger partial charge is 0.479 e. The van der Waals surface area contributed by atoms with Crippen molar-refractivity contribution in [3.05, 3.63) is 0 Å². The Balaban J connectivity index is -0.000000683. The molecule has 0 unspecified atom stereocenters. The SMILES string of the molecule is CCCCCCCCOC(=S)SCCCCCCCC.CCCCCCCCOC(=S)SCCCCCCCC.SS. The van der Waals surface area contributed by atoms with Crippen LogP contribution in [0.1, 0.15) is 182 Å². The van der Waals surface area contributed by atoms with Crippen molar-refractivity contribution in [2.24, 2.45) is 0 Å². The highest BCUT2D eigenvalue weighted by Gasteiger charge is 2.00. The molecule has 0 bridgehead atoms. The zero-order valence-electron chi connectivity index (χ0n) is 28.1. The van der Waals surface area contributed by atoms with Gasteiger partial charge in [0.25, 0.3) is 0 Å². The second kappa shape index (κ2) is 46.6. The Morgan fingerprint density at radius 2 is 0.643 bits per heavy atom. The number of thiol groups is 2. The van der Waals surface area contributed by atoms with Crippen LogP contribution in [0.5, 0.6) is 0 Å². The van der Waals surface area contributed by atoms with Gasteiger partial charge in [-0.3, -0.25) is 0 Å². The van der Waals surface area contributed by atoms with Gasteiger partial charge < -0.3 is 9.47 Å². The van der Waals surface area contributed by atoms with E-state index in [1.54, 1.807) is 23.5 Å². The van der Waals surface area contributed by atoms with Crippen molar-refractivity contribution in [3.8, 4) is 0 Å². The highest BCUT2D eigenvalue weighted by Crippen LogP contribution is 2.14. The molecule has 0 aromatic heterocycles. The van der Waals surface area contributed by atoms with E-state index in [0.29, 0.717) is 0 Å². The fourth-order valence-corrected chi connectivity index (χ4v) is 6.27.